The van der Waals surface area contributed by atoms with Crippen LogP contribution in [0.4, 0.5) is 10.5 Å². The van der Waals surface area contributed by atoms with Gasteiger partial charge in [-0.15, -0.1) is 0 Å². The minimum Gasteiger partial charge on any atom is -0.338 e. The molecule has 2 N–H and O–H groups in total. The molecule has 0 bridgehead atoms. The summed E-state index contributed by atoms with van der Waals surface area (Å²) < 4.78 is 0. The van der Waals surface area contributed by atoms with Gasteiger partial charge in [0.25, 0.3) is 17.5 Å². The summed E-state index contributed by atoms with van der Waals surface area (Å²) in [7, 11) is 0. The van der Waals surface area contributed by atoms with Crippen LogP contribution in [0.3, 0.4) is 0 Å². The van der Waals surface area contributed by atoms with E-state index in [0.717, 1.165) is 16.5 Å². The number of pyridine rings is 1. The molecule has 2 heterocycles. The van der Waals surface area contributed by atoms with Gasteiger partial charge in [0.05, 0.1) is 16.1 Å². The highest BCUT2D eigenvalue weighted by atomic mass is 16.6. The van der Waals surface area contributed by atoms with E-state index in [2.05, 4.69) is 15.6 Å². The third kappa shape index (κ3) is 4.11. The number of nitrogens with one attached hydrogen (secondary N) is 2. The zero-order valence-corrected chi connectivity index (χ0v) is 14.8. The normalized spacial score (nSPS) is 12.6. The summed E-state index contributed by atoms with van der Waals surface area (Å²) in [5.74, 6) is -1.05. The fraction of sp³-hybridized carbons (Fsp3) is 0.222. The lowest BCUT2D eigenvalue weighted by molar-refractivity contribution is -0.384. The molecule has 10 nitrogen and oxygen atoms in total. The van der Waals surface area contributed by atoms with E-state index in [9.17, 15) is 24.5 Å². The van der Waals surface area contributed by atoms with E-state index in [1.54, 1.807) is 24.5 Å². The number of hydrogen-bond donors (Lipinski definition) is 2. The van der Waals surface area contributed by atoms with Gasteiger partial charge >= 0.3 is 6.03 Å². The molecule has 28 heavy (non-hydrogen) atoms. The number of carbonyl (C=O) groups is 3. The van der Waals surface area contributed by atoms with Crippen molar-refractivity contribution < 1.29 is 19.3 Å². The van der Waals surface area contributed by atoms with Gasteiger partial charge < -0.3 is 10.6 Å². The van der Waals surface area contributed by atoms with E-state index in [0.29, 0.717) is 13.0 Å². The molecule has 0 saturated heterocycles. The highest BCUT2D eigenvalue weighted by Gasteiger charge is 2.36. The average Bonchev–Trinajstić information content (AvgIpc) is 2.94. The molecule has 0 spiro atoms. The summed E-state index contributed by atoms with van der Waals surface area (Å²) in [6.45, 7) is 0.714. The Labute approximate surface area is 159 Å². The lowest BCUT2D eigenvalue weighted by Gasteiger charge is -2.14. The summed E-state index contributed by atoms with van der Waals surface area (Å²) in [4.78, 5) is 51.6. The maximum absolute atomic E-state index is 12.3. The molecular formula is C18H17N5O5. The number of fused-ring (bicyclic) bond motifs is 1. The monoisotopic (exact) mass is 383 g/mol. The van der Waals surface area contributed by atoms with Gasteiger partial charge in [0, 0.05) is 44.2 Å². The average molecular weight is 383 g/mol. The summed E-state index contributed by atoms with van der Waals surface area (Å²) in [6, 6.07) is 6.80. The zero-order valence-electron chi connectivity index (χ0n) is 14.8. The van der Waals surface area contributed by atoms with E-state index < -0.39 is 16.7 Å². The van der Waals surface area contributed by atoms with Crippen molar-refractivity contribution in [3.05, 3.63) is 69.5 Å². The first-order valence-corrected chi connectivity index (χ1v) is 8.52. The van der Waals surface area contributed by atoms with Crippen molar-refractivity contribution >= 4 is 23.5 Å². The van der Waals surface area contributed by atoms with Crippen molar-refractivity contribution in [3.63, 3.8) is 0 Å². The Hall–Kier alpha value is -3.82. The first kappa shape index (κ1) is 19.0. The maximum atomic E-state index is 12.3. The second-order valence-corrected chi connectivity index (χ2v) is 6.07. The van der Waals surface area contributed by atoms with Gasteiger partial charge in [0.1, 0.15) is 0 Å². The Kier molecular flexibility index (Phi) is 5.58. The van der Waals surface area contributed by atoms with Crippen LogP contribution in [0.15, 0.2) is 42.7 Å². The zero-order chi connectivity index (χ0) is 20.1. The molecule has 3 rings (SSSR count). The van der Waals surface area contributed by atoms with Crippen molar-refractivity contribution in [1.82, 2.24) is 20.5 Å². The molecule has 2 aromatic rings. The van der Waals surface area contributed by atoms with Crippen LogP contribution in [0.2, 0.25) is 0 Å². The number of carbonyl (C=O) groups excluding carboxylic acids is 3. The molecule has 0 saturated carbocycles. The Morgan fingerprint density at radius 2 is 1.79 bits per heavy atom. The van der Waals surface area contributed by atoms with E-state index in [4.69, 9.17) is 0 Å². The number of non-ortho nitro benzene ring substituents is 1. The molecule has 0 unspecified atom stereocenters. The molecule has 1 aromatic heterocycles. The highest BCUT2D eigenvalue weighted by Crippen LogP contribution is 2.26. The molecule has 0 radical (unpaired) electrons. The standard InChI is InChI=1S/C18H17N5O5/c24-16-14-3-2-13(23(27)28)10-15(14)17(25)22(16)9-1-6-20-18(26)21-11-12-4-7-19-8-5-12/h2-5,7-8,10H,1,6,9,11H2,(H2,20,21,26). The largest absolute Gasteiger partial charge is 0.338 e. The molecular weight excluding hydrogens is 366 g/mol. The van der Waals surface area contributed by atoms with E-state index in [1.165, 1.54) is 12.1 Å². The second kappa shape index (κ2) is 8.25. The number of urea groups is 1. The van der Waals surface area contributed by atoms with Crippen molar-refractivity contribution in [3.8, 4) is 0 Å². The van der Waals surface area contributed by atoms with Gasteiger partial charge in [-0.3, -0.25) is 29.6 Å². The fourth-order valence-electron chi connectivity index (χ4n) is 2.78. The summed E-state index contributed by atoms with van der Waals surface area (Å²) >= 11 is 0. The van der Waals surface area contributed by atoms with E-state index in [1.807, 2.05) is 0 Å². The number of nitrogens with zero attached hydrogens (tertiary/aromatic N) is 3. The minimum atomic E-state index is -0.616. The molecule has 1 aliphatic rings. The quantitative estimate of drug-likeness (QED) is 0.322. The molecule has 10 heteroatoms. The van der Waals surface area contributed by atoms with Crippen LogP contribution in [0.5, 0.6) is 0 Å². The number of amides is 4. The van der Waals surface area contributed by atoms with Crippen molar-refractivity contribution in [2.45, 2.75) is 13.0 Å². The van der Waals surface area contributed by atoms with Gasteiger partial charge in [-0.25, -0.2) is 4.79 Å². The maximum Gasteiger partial charge on any atom is 0.315 e. The molecule has 144 valence electrons. The number of hydrogen-bond acceptors (Lipinski definition) is 6. The summed E-state index contributed by atoms with van der Waals surface area (Å²) in [6.07, 6.45) is 3.62. The highest BCUT2D eigenvalue weighted by molar-refractivity contribution is 6.21. The van der Waals surface area contributed by atoms with Crippen LogP contribution in [0.1, 0.15) is 32.7 Å². The van der Waals surface area contributed by atoms with Gasteiger partial charge in [-0.1, -0.05) is 0 Å². The predicted octanol–water partition coefficient (Wildman–Crippen LogP) is 1.48. The predicted molar refractivity (Wildman–Crippen MR) is 97.6 cm³/mol. The topological polar surface area (TPSA) is 135 Å². The molecule has 4 amide bonds. The Morgan fingerprint density at radius 1 is 1.07 bits per heavy atom. The summed E-state index contributed by atoms with van der Waals surface area (Å²) in [5, 5.41) is 16.2. The fourth-order valence-corrected chi connectivity index (χ4v) is 2.78. The Bertz CT molecular complexity index is 931. The molecule has 1 aromatic carbocycles. The second-order valence-electron chi connectivity index (χ2n) is 6.07. The smallest absolute Gasteiger partial charge is 0.315 e. The number of rotatable bonds is 7. The molecule has 0 atom stereocenters. The lowest BCUT2D eigenvalue weighted by Crippen LogP contribution is -2.37. The van der Waals surface area contributed by atoms with Crippen LogP contribution in [-0.2, 0) is 6.54 Å². The Balaban J connectivity index is 1.46. The van der Waals surface area contributed by atoms with Gasteiger partial charge in [-0.2, -0.15) is 0 Å². The lowest BCUT2D eigenvalue weighted by atomic mass is 10.1. The number of imide groups is 1. The van der Waals surface area contributed by atoms with Crippen LogP contribution in [0.25, 0.3) is 0 Å². The number of nitro groups is 1. The van der Waals surface area contributed by atoms with Gasteiger partial charge in [-0.05, 0) is 30.2 Å². The van der Waals surface area contributed by atoms with Crippen molar-refractivity contribution in [1.29, 1.82) is 0 Å². The minimum absolute atomic E-state index is 0.0299. The Morgan fingerprint density at radius 3 is 2.50 bits per heavy atom. The van der Waals surface area contributed by atoms with Gasteiger partial charge in [0.15, 0.2) is 0 Å². The van der Waals surface area contributed by atoms with Crippen LogP contribution in [-0.4, -0.2) is 45.7 Å². The SMILES string of the molecule is O=C(NCCCN1C(=O)c2ccc([N+](=O)[O-])cc2C1=O)NCc1ccncc1. The van der Waals surface area contributed by atoms with Crippen molar-refractivity contribution in [2.24, 2.45) is 0 Å². The van der Waals surface area contributed by atoms with Crippen LogP contribution < -0.4 is 10.6 Å². The molecule has 0 aliphatic carbocycles. The number of nitro benzene ring substituents is 1. The van der Waals surface area contributed by atoms with Crippen molar-refractivity contribution in [2.75, 3.05) is 13.1 Å². The van der Waals surface area contributed by atoms with Crippen LogP contribution in [0, 0.1) is 10.1 Å². The first-order chi connectivity index (χ1) is 13.5. The number of aromatic nitrogens is 1. The van der Waals surface area contributed by atoms with E-state index >= 15 is 0 Å². The summed E-state index contributed by atoms with van der Waals surface area (Å²) in [5.41, 5.74) is 0.848. The molecule has 0 fully saturated rings. The van der Waals surface area contributed by atoms with Crippen LogP contribution >= 0.6 is 0 Å². The number of benzene rings is 1. The third-order valence-electron chi connectivity index (χ3n) is 4.21. The molecule has 1 aliphatic heterocycles. The first-order valence-electron chi connectivity index (χ1n) is 8.52. The van der Waals surface area contributed by atoms with Gasteiger partial charge in [0.2, 0.25) is 0 Å². The van der Waals surface area contributed by atoms with E-state index in [-0.39, 0.29) is 35.9 Å². The third-order valence-corrected chi connectivity index (χ3v) is 4.21.